The number of nitrogens with zero attached hydrogens (tertiary/aromatic N) is 1. The number of hydrogen-bond donors (Lipinski definition) is 2. The quantitative estimate of drug-likeness (QED) is 0.777. The largest absolute Gasteiger partial charge is 0.391 e. The van der Waals surface area contributed by atoms with Crippen LogP contribution in [0.3, 0.4) is 0 Å². The van der Waals surface area contributed by atoms with E-state index in [9.17, 15) is 4.79 Å². The van der Waals surface area contributed by atoms with Crippen LogP contribution in [0.5, 0.6) is 0 Å². The van der Waals surface area contributed by atoms with E-state index < -0.39 is 5.54 Å². The summed E-state index contributed by atoms with van der Waals surface area (Å²) in [6.07, 6.45) is 6.88. The van der Waals surface area contributed by atoms with Crippen molar-refractivity contribution in [1.82, 2.24) is 10.2 Å². The third-order valence-corrected chi connectivity index (χ3v) is 5.77. The van der Waals surface area contributed by atoms with Crippen molar-refractivity contribution in [3.05, 3.63) is 0 Å². The first-order valence-corrected chi connectivity index (χ1v) is 8.16. The zero-order valence-corrected chi connectivity index (χ0v) is 13.5. The number of nitrogens with two attached hydrogens (primary N) is 1. The van der Waals surface area contributed by atoms with Gasteiger partial charge in [-0.2, -0.15) is 0 Å². The smallest absolute Gasteiger partial charge is 0.226 e. The molecule has 1 aliphatic carbocycles. The summed E-state index contributed by atoms with van der Waals surface area (Å²) in [6, 6.07) is 0. The minimum absolute atomic E-state index is 0.176. The number of hydrogen-bond acceptors (Lipinski definition) is 3. The van der Waals surface area contributed by atoms with Gasteiger partial charge >= 0.3 is 0 Å². The molecule has 0 aromatic heterocycles. The van der Waals surface area contributed by atoms with Crippen LogP contribution in [0.4, 0.5) is 0 Å². The Kier molecular flexibility index (Phi) is 4.69. The van der Waals surface area contributed by atoms with Gasteiger partial charge in [-0.15, -0.1) is 0 Å². The van der Waals surface area contributed by atoms with E-state index in [1.807, 2.05) is 0 Å². The lowest BCUT2D eigenvalue weighted by atomic mass is 9.80. The fraction of sp³-hybridized carbons (Fsp3) is 0.867. The summed E-state index contributed by atoms with van der Waals surface area (Å²) in [6.45, 7) is 3.97. The third-order valence-electron chi connectivity index (χ3n) is 5.38. The van der Waals surface area contributed by atoms with Gasteiger partial charge in [-0.05, 0) is 39.2 Å². The molecule has 20 heavy (non-hydrogen) atoms. The van der Waals surface area contributed by atoms with Gasteiger partial charge in [0.05, 0.1) is 10.5 Å². The van der Waals surface area contributed by atoms with E-state index in [4.69, 9.17) is 18.0 Å². The highest BCUT2D eigenvalue weighted by Crippen LogP contribution is 2.42. The number of likely N-dealkylation sites (tertiary alicyclic amines) is 1. The molecule has 2 fully saturated rings. The van der Waals surface area contributed by atoms with Crippen molar-refractivity contribution >= 4 is 23.1 Å². The number of carbonyl (C=O) groups excluding carboxylic acids is 1. The molecular weight excluding hydrogens is 270 g/mol. The van der Waals surface area contributed by atoms with Crippen LogP contribution >= 0.6 is 12.2 Å². The molecular formula is C15H27N3OS. The Labute approximate surface area is 127 Å². The molecule has 5 heteroatoms. The summed E-state index contributed by atoms with van der Waals surface area (Å²) in [4.78, 5) is 15.5. The zero-order chi connectivity index (χ0) is 14.8. The van der Waals surface area contributed by atoms with Crippen LogP contribution in [-0.4, -0.2) is 41.5 Å². The average Bonchev–Trinajstić information content (AvgIpc) is 2.91. The van der Waals surface area contributed by atoms with Gasteiger partial charge in [-0.3, -0.25) is 4.79 Å². The Morgan fingerprint density at radius 3 is 2.25 bits per heavy atom. The first kappa shape index (κ1) is 15.7. The van der Waals surface area contributed by atoms with E-state index in [1.165, 1.54) is 0 Å². The molecule has 1 aliphatic heterocycles. The van der Waals surface area contributed by atoms with E-state index in [-0.39, 0.29) is 11.3 Å². The predicted octanol–water partition coefficient (Wildman–Crippen LogP) is 1.82. The molecule has 2 rings (SSSR count). The lowest BCUT2D eigenvalue weighted by Crippen LogP contribution is -2.63. The van der Waals surface area contributed by atoms with Crippen molar-refractivity contribution in [3.8, 4) is 0 Å². The maximum Gasteiger partial charge on any atom is 0.226 e. The minimum Gasteiger partial charge on any atom is -0.391 e. The molecule has 2 aliphatic rings. The number of piperidine rings is 1. The second-order valence-corrected chi connectivity index (χ2v) is 6.98. The highest BCUT2D eigenvalue weighted by molar-refractivity contribution is 7.80. The summed E-state index contributed by atoms with van der Waals surface area (Å²) >= 11 is 5.28. The van der Waals surface area contributed by atoms with Gasteiger partial charge in [0.25, 0.3) is 0 Å². The molecule has 0 unspecified atom stereocenters. The van der Waals surface area contributed by atoms with Gasteiger partial charge in [-0.25, -0.2) is 0 Å². The van der Waals surface area contributed by atoms with E-state index in [0.29, 0.717) is 4.99 Å². The molecule has 1 saturated carbocycles. The summed E-state index contributed by atoms with van der Waals surface area (Å²) in [7, 11) is 2.09. The average molecular weight is 297 g/mol. The van der Waals surface area contributed by atoms with Crippen molar-refractivity contribution in [1.29, 1.82) is 0 Å². The van der Waals surface area contributed by atoms with Gasteiger partial charge in [0.2, 0.25) is 5.91 Å². The monoisotopic (exact) mass is 297 g/mol. The number of thiocarbonyl (C=S) groups is 1. The molecule has 0 aromatic carbocycles. The second-order valence-electron chi connectivity index (χ2n) is 6.54. The molecule has 3 N–H and O–H groups in total. The van der Waals surface area contributed by atoms with E-state index >= 15 is 0 Å². The van der Waals surface area contributed by atoms with Crippen LogP contribution in [-0.2, 0) is 4.79 Å². The highest BCUT2D eigenvalue weighted by atomic mass is 32.1. The maximum absolute atomic E-state index is 12.8. The fourth-order valence-corrected chi connectivity index (χ4v) is 3.83. The molecule has 114 valence electrons. The normalized spacial score (nSPS) is 25.3. The first-order valence-electron chi connectivity index (χ1n) is 7.75. The number of amides is 1. The third kappa shape index (κ3) is 2.84. The molecule has 0 spiro atoms. The van der Waals surface area contributed by atoms with Crippen LogP contribution in [0.2, 0.25) is 0 Å². The standard InChI is InChI=1S/C15H27N3OS/c1-3-14(6-4-5-7-14)13(19)17-15(12(16)20)8-10-18(2)11-9-15/h3-11H2,1-2H3,(H2,16,20)(H,17,19). The number of rotatable bonds is 4. The Hall–Kier alpha value is -0.680. The van der Waals surface area contributed by atoms with Gasteiger partial charge in [0, 0.05) is 18.5 Å². The highest BCUT2D eigenvalue weighted by Gasteiger charge is 2.45. The van der Waals surface area contributed by atoms with Crippen molar-refractivity contribution in [2.75, 3.05) is 20.1 Å². The molecule has 4 nitrogen and oxygen atoms in total. The van der Waals surface area contributed by atoms with Crippen molar-refractivity contribution < 1.29 is 4.79 Å². The lowest BCUT2D eigenvalue weighted by molar-refractivity contribution is -0.132. The Morgan fingerprint density at radius 1 is 1.25 bits per heavy atom. The number of nitrogens with one attached hydrogen (secondary N) is 1. The molecule has 1 amide bonds. The molecule has 0 atom stereocenters. The molecule has 1 saturated heterocycles. The van der Waals surface area contributed by atoms with Crippen molar-refractivity contribution in [2.45, 2.75) is 57.4 Å². The summed E-state index contributed by atoms with van der Waals surface area (Å²) in [5.41, 5.74) is 5.33. The topological polar surface area (TPSA) is 58.4 Å². The second kappa shape index (κ2) is 5.98. The van der Waals surface area contributed by atoms with Gasteiger partial charge in [0.15, 0.2) is 0 Å². The maximum atomic E-state index is 12.8. The van der Waals surface area contributed by atoms with Gasteiger partial charge in [-0.1, -0.05) is 32.0 Å². The summed E-state index contributed by atoms with van der Waals surface area (Å²) in [5.74, 6) is 0.176. The summed E-state index contributed by atoms with van der Waals surface area (Å²) < 4.78 is 0. The SMILES string of the molecule is CCC1(C(=O)NC2(C(N)=S)CCN(C)CC2)CCCC1. The minimum atomic E-state index is -0.469. The Bertz CT molecular complexity index is 383. The first-order chi connectivity index (χ1) is 9.44. The number of carbonyl (C=O) groups is 1. The van der Waals surface area contributed by atoms with Crippen LogP contribution < -0.4 is 11.1 Å². The van der Waals surface area contributed by atoms with Gasteiger partial charge in [0.1, 0.15) is 0 Å². The molecule has 0 bridgehead atoms. The fourth-order valence-electron chi connectivity index (χ4n) is 3.58. The molecule has 0 aromatic rings. The lowest BCUT2D eigenvalue weighted by Gasteiger charge is -2.42. The van der Waals surface area contributed by atoms with E-state index in [0.717, 1.165) is 58.0 Å². The van der Waals surface area contributed by atoms with Crippen molar-refractivity contribution in [3.63, 3.8) is 0 Å². The van der Waals surface area contributed by atoms with Gasteiger partial charge < -0.3 is 16.0 Å². The van der Waals surface area contributed by atoms with Crippen LogP contribution in [0.25, 0.3) is 0 Å². The Morgan fingerprint density at radius 2 is 1.80 bits per heavy atom. The van der Waals surface area contributed by atoms with E-state index in [1.54, 1.807) is 0 Å². The summed E-state index contributed by atoms with van der Waals surface area (Å²) in [5, 5.41) is 3.25. The predicted molar refractivity (Wildman–Crippen MR) is 85.6 cm³/mol. The zero-order valence-electron chi connectivity index (χ0n) is 12.7. The van der Waals surface area contributed by atoms with E-state index in [2.05, 4.69) is 24.2 Å². The van der Waals surface area contributed by atoms with Crippen LogP contribution in [0, 0.1) is 5.41 Å². The Balaban J connectivity index is 2.12. The molecule has 1 heterocycles. The van der Waals surface area contributed by atoms with Crippen molar-refractivity contribution in [2.24, 2.45) is 11.1 Å². The van der Waals surface area contributed by atoms with Crippen LogP contribution in [0.1, 0.15) is 51.9 Å². The van der Waals surface area contributed by atoms with Crippen LogP contribution in [0.15, 0.2) is 0 Å². The molecule has 0 radical (unpaired) electrons.